The first-order chi connectivity index (χ1) is 11.7. The SMILES string of the molecule is O=C(N[C@@H]1CCC[C@H](C(F)(F)F)C1)N1CCC(C(F)(F)F)(C(F)(F)F)C1. The number of halogens is 9. The van der Waals surface area contributed by atoms with Crippen LogP contribution in [0.2, 0.25) is 0 Å². The molecule has 1 saturated carbocycles. The predicted molar refractivity (Wildman–Crippen MR) is 71.1 cm³/mol. The van der Waals surface area contributed by atoms with Crippen molar-refractivity contribution in [3.63, 3.8) is 0 Å². The number of amides is 2. The maximum atomic E-state index is 13.0. The van der Waals surface area contributed by atoms with Gasteiger partial charge in [0.2, 0.25) is 0 Å². The van der Waals surface area contributed by atoms with Crippen molar-refractivity contribution in [2.45, 2.75) is 56.7 Å². The van der Waals surface area contributed by atoms with Crippen LogP contribution in [-0.2, 0) is 0 Å². The second-order valence-electron chi connectivity index (χ2n) is 6.80. The van der Waals surface area contributed by atoms with Crippen LogP contribution in [0.15, 0.2) is 0 Å². The Morgan fingerprint density at radius 2 is 1.54 bits per heavy atom. The predicted octanol–water partition coefficient (Wildman–Crippen LogP) is 4.63. The second-order valence-corrected chi connectivity index (χ2v) is 6.80. The fourth-order valence-electron chi connectivity index (χ4n) is 3.49. The number of carbonyl (C=O) groups excluding carboxylic acids is 1. The number of nitrogens with zero attached hydrogens (tertiary/aromatic N) is 1. The van der Waals surface area contributed by atoms with Crippen molar-refractivity contribution in [1.29, 1.82) is 0 Å². The zero-order chi connectivity index (χ0) is 20.0. The third kappa shape index (κ3) is 3.98. The van der Waals surface area contributed by atoms with E-state index in [4.69, 9.17) is 0 Å². The quantitative estimate of drug-likeness (QED) is 0.640. The van der Waals surface area contributed by atoms with E-state index in [0.717, 1.165) is 0 Å². The Morgan fingerprint density at radius 3 is 2.00 bits per heavy atom. The van der Waals surface area contributed by atoms with Crippen LogP contribution in [0, 0.1) is 11.3 Å². The standard InChI is InChI=1S/C14H17F9N2O/c15-12(16,17)8-2-1-3-9(6-8)24-10(26)25-5-4-11(7-25,13(18,19)20)14(21,22)23/h8-9H,1-7H2,(H,24,26)/t8-,9+/m0/s1. The molecule has 12 heteroatoms. The molecule has 0 spiro atoms. The minimum atomic E-state index is -5.59. The Hall–Kier alpha value is -1.36. The summed E-state index contributed by atoms with van der Waals surface area (Å²) >= 11 is 0. The van der Waals surface area contributed by atoms with Gasteiger partial charge < -0.3 is 10.2 Å². The molecule has 152 valence electrons. The Morgan fingerprint density at radius 1 is 0.962 bits per heavy atom. The van der Waals surface area contributed by atoms with E-state index in [9.17, 15) is 44.3 Å². The molecule has 1 N–H and O–H groups in total. The molecule has 1 heterocycles. The van der Waals surface area contributed by atoms with E-state index in [1.807, 2.05) is 0 Å². The smallest absolute Gasteiger partial charge is 0.335 e. The summed E-state index contributed by atoms with van der Waals surface area (Å²) in [5, 5.41) is 2.16. The van der Waals surface area contributed by atoms with Crippen LogP contribution in [0.1, 0.15) is 32.1 Å². The zero-order valence-electron chi connectivity index (χ0n) is 13.4. The van der Waals surface area contributed by atoms with E-state index < -0.39 is 67.9 Å². The summed E-state index contributed by atoms with van der Waals surface area (Å²) in [5.74, 6) is -1.65. The van der Waals surface area contributed by atoms with Crippen LogP contribution in [0.25, 0.3) is 0 Å². The van der Waals surface area contributed by atoms with Crippen molar-refractivity contribution in [2.75, 3.05) is 13.1 Å². The minimum Gasteiger partial charge on any atom is -0.335 e. The van der Waals surface area contributed by atoms with Crippen molar-refractivity contribution < 1.29 is 44.3 Å². The number of nitrogens with one attached hydrogen (secondary N) is 1. The summed E-state index contributed by atoms with van der Waals surface area (Å²) in [4.78, 5) is 12.4. The highest BCUT2D eigenvalue weighted by Crippen LogP contribution is 2.55. The molecule has 2 aliphatic rings. The van der Waals surface area contributed by atoms with Gasteiger partial charge in [-0.05, 0) is 25.7 Å². The molecule has 26 heavy (non-hydrogen) atoms. The molecule has 0 radical (unpaired) electrons. The van der Waals surface area contributed by atoms with Crippen LogP contribution >= 0.6 is 0 Å². The van der Waals surface area contributed by atoms with Gasteiger partial charge in [-0.3, -0.25) is 0 Å². The molecule has 2 atom stereocenters. The van der Waals surface area contributed by atoms with E-state index in [1.165, 1.54) is 0 Å². The van der Waals surface area contributed by atoms with Gasteiger partial charge in [-0.2, -0.15) is 39.5 Å². The summed E-state index contributed by atoms with van der Waals surface area (Å²) in [6.45, 7) is -2.37. The van der Waals surface area contributed by atoms with Gasteiger partial charge >= 0.3 is 24.6 Å². The topological polar surface area (TPSA) is 32.3 Å². The molecule has 1 aliphatic heterocycles. The third-order valence-electron chi connectivity index (χ3n) is 5.11. The van der Waals surface area contributed by atoms with Gasteiger partial charge in [-0.15, -0.1) is 0 Å². The minimum absolute atomic E-state index is 0.120. The van der Waals surface area contributed by atoms with Crippen LogP contribution in [0.5, 0.6) is 0 Å². The maximum Gasteiger partial charge on any atom is 0.404 e. The summed E-state index contributed by atoms with van der Waals surface area (Å²) < 4.78 is 116. The van der Waals surface area contributed by atoms with E-state index in [0.29, 0.717) is 4.90 Å². The lowest BCUT2D eigenvalue weighted by Gasteiger charge is -2.34. The Balaban J connectivity index is 2.03. The lowest BCUT2D eigenvalue weighted by Crippen LogP contribution is -2.53. The number of alkyl halides is 9. The molecule has 2 rings (SSSR count). The number of hydrogen-bond acceptors (Lipinski definition) is 1. The van der Waals surface area contributed by atoms with Crippen molar-refractivity contribution >= 4 is 6.03 Å². The Bertz CT molecular complexity index is 512. The van der Waals surface area contributed by atoms with Gasteiger partial charge in [0, 0.05) is 19.1 Å². The van der Waals surface area contributed by atoms with Crippen molar-refractivity contribution in [2.24, 2.45) is 11.3 Å². The van der Waals surface area contributed by atoms with E-state index in [1.54, 1.807) is 0 Å². The molecular weight excluding hydrogens is 383 g/mol. The van der Waals surface area contributed by atoms with Gasteiger partial charge in [0.25, 0.3) is 0 Å². The first kappa shape index (κ1) is 20.9. The molecule has 0 bridgehead atoms. The summed E-state index contributed by atoms with van der Waals surface area (Å²) in [7, 11) is 0. The van der Waals surface area contributed by atoms with Gasteiger partial charge in [-0.1, -0.05) is 6.42 Å². The summed E-state index contributed by atoms with van der Waals surface area (Å²) in [6, 6.07) is -2.14. The van der Waals surface area contributed by atoms with Gasteiger partial charge in [0.15, 0.2) is 5.41 Å². The summed E-state index contributed by atoms with van der Waals surface area (Å²) in [5.41, 5.74) is -4.02. The highest BCUT2D eigenvalue weighted by molar-refractivity contribution is 5.75. The first-order valence-electron chi connectivity index (χ1n) is 7.93. The van der Waals surface area contributed by atoms with Crippen molar-refractivity contribution in [3.8, 4) is 0 Å². The van der Waals surface area contributed by atoms with E-state index in [2.05, 4.69) is 5.32 Å². The monoisotopic (exact) mass is 400 g/mol. The highest BCUT2D eigenvalue weighted by atomic mass is 19.4. The van der Waals surface area contributed by atoms with Crippen LogP contribution < -0.4 is 5.32 Å². The van der Waals surface area contributed by atoms with Gasteiger partial charge in [0.05, 0.1) is 5.92 Å². The normalized spacial score (nSPS) is 27.5. The molecule has 2 fully saturated rings. The highest BCUT2D eigenvalue weighted by Gasteiger charge is 2.73. The molecule has 1 saturated heterocycles. The molecule has 2 amide bonds. The molecule has 1 aliphatic carbocycles. The molecule has 0 aromatic carbocycles. The largest absolute Gasteiger partial charge is 0.404 e. The van der Waals surface area contributed by atoms with Crippen LogP contribution in [-0.4, -0.2) is 48.6 Å². The second kappa shape index (κ2) is 6.66. The fourth-order valence-corrected chi connectivity index (χ4v) is 3.49. The third-order valence-corrected chi connectivity index (χ3v) is 5.11. The van der Waals surface area contributed by atoms with Gasteiger partial charge in [-0.25, -0.2) is 4.79 Å². The molecular formula is C14H17F9N2O. The Kier molecular flexibility index (Phi) is 5.37. The number of carbonyl (C=O) groups is 1. The molecule has 3 nitrogen and oxygen atoms in total. The number of urea groups is 1. The molecule has 0 aromatic rings. The fraction of sp³-hybridized carbons (Fsp3) is 0.929. The molecule has 0 unspecified atom stereocenters. The average Bonchev–Trinajstić information content (AvgIpc) is 2.92. The van der Waals surface area contributed by atoms with Crippen molar-refractivity contribution in [3.05, 3.63) is 0 Å². The average molecular weight is 400 g/mol. The maximum absolute atomic E-state index is 13.0. The number of hydrogen-bond donors (Lipinski definition) is 1. The number of rotatable bonds is 1. The van der Waals surface area contributed by atoms with E-state index >= 15 is 0 Å². The van der Waals surface area contributed by atoms with Crippen molar-refractivity contribution in [1.82, 2.24) is 10.2 Å². The van der Waals surface area contributed by atoms with Crippen LogP contribution in [0.3, 0.4) is 0 Å². The van der Waals surface area contributed by atoms with Crippen LogP contribution in [0.4, 0.5) is 44.3 Å². The molecule has 0 aromatic heterocycles. The lowest BCUT2D eigenvalue weighted by molar-refractivity contribution is -0.334. The Labute approximate surface area is 142 Å². The van der Waals surface area contributed by atoms with Gasteiger partial charge in [0.1, 0.15) is 0 Å². The first-order valence-corrected chi connectivity index (χ1v) is 7.93. The number of likely N-dealkylation sites (tertiary alicyclic amines) is 1. The zero-order valence-corrected chi connectivity index (χ0v) is 13.4. The summed E-state index contributed by atoms with van der Waals surface area (Å²) in [6.07, 6.45) is -17.2. The lowest BCUT2D eigenvalue weighted by atomic mass is 9.85. The van der Waals surface area contributed by atoms with E-state index in [-0.39, 0.29) is 19.3 Å².